The first-order valence-electron chi connectivity index (χ1n) is 8.14. The molecule has 0 aliphatic carbocycles. The van der Waals surface area contributed by atoms with E-state index in [0.29, 0.717) is 28.4 Å². The van der Waals surface area contributed by atoms with Crippen LogP contribution in [0, 0.1) is 3.57 Å². The van der Waals surface area contributed by atoms with Crippen LogP contribution < -0.4 is 25.0 Å². The van der Waals surface area contributed by atoms with E-state index in [2.05, 4.69) is 38.4 Å². The van der Waals surface area contributed by atoms with Crippen molar-refractivity contribution in [2.24, 2.45) is 5.10 Å². The van der Waals surface area contributed by atoms with Crippen LogP contribution in [0.1, 0.15) is 15.9 Å². The number of amides is 2. The van der Waals surface area contributed by atoms with Gasteiger partial charge in [0.25, 0.3) is 11.8 Å². The molecule has 0 saturated carbocycles. The van der Waals surface area contributed by atoms with Crippen LogP contribution in [0.15, 0.2) is 41.5 Å². The van der Waals surface area contributed by atoms with E-state index in [1.165, 1.54) is 27.5 Å². The summed E-state index contributed by atoms with van der Waals surface area (Å²) >= 11 is 2.06. The summed E-state index contributed by atoms with van der Waals surface area (Å²) in [4.78, 5) is 24.0. The first-order valence-corrected chi connectivity index (χ1v) is 9.22. The largest absolute Gasteiger partial charge is 0.493 e. The molecule has 2 aromatic carbocycles. The number of ether oxygens (including phenoxy) is 3. The van der Waals surface area contributed by atoms with Gasteiger partial charge in [0.1, 0.15) is 0 Å². The Labute approximate surface area is 176 Å². The number of methoxy groups -OCH3 is 3. The fourth-order valence-electron chi connectivity index (χ4n) is 2.30. The molecule has 2 amide bonds. The van der Waals surface area contributed by atoms with Gasteiger partial charge in [0, 0.05) is 9.13 Å². The minimum Gasteiger partial charge on any atom is -0.493 e. The van der Waals surface area contributed by atoms with Crippen molar-refractivity contribution < 1.29 is 23.8 Å². The molecule has 0 aliphatic heterocycles. The summed E-state index contributed by atoms with van der Waals surface area (Å²) in [7, 11) is 4.53. The molecular formula is C19H20IN3O5. The second-order valence-corrected chi connectivity index (χ2v) is 6.58. The normalized spacial score (nSPS) is 10.4. The van der Waals surface area contributed by atoms with Gasteiger partial charge in [-0.2, -0.15) is 5.10 Å². The number of nitrogens with zero attached hydrogens (tertiary/aromatic N) is 1. The van der Waals surface area contributed by atoms with Crippen LogP contribution in [0.4, 0.5) is 0 Å². The third kappa shape index (κ3) is 5.59. The van der Waals surface area contributed by atoms with Crippen molar-refractivity contribution in [3.8, 4) is 17.2 Å². The summed E-state index contributed by atoms with van der Waals surface area (Å²) in [5.41, 5.74) is 3.50. The molecule has 0 spiro atoms. The van der Waals surface area contributed by atoms with Crippen LogP contribution in [-0.4, -0.2) is 45.9 Å². The number of hydrogen-bond donors (Lipinski definition) is 2. The number of carbonyl (C=O) groups is 2. The maximum atomic E-state index is 12.1. The predicted molar refractivity (Wildman–Crippen MR) is 113 cm³/mol. The van der Waals surface area contributed by atoms with Gasteiger partial charge in [-0.1, -0.05) is 12.1 Å². The maximum Gasteiger partial charge on any atom is 0.259 e. The van der Waals surface area contributed by atoms with E-state index in [1.54, 1.807) is 24.3 Å². The fraction of sp³-hybridized carbons (Fsp3) is 0.211. The summed E-state index contributed by atoms with van der Waals surface area (Å²) in [6.07, 6.45) is 1.43. The van der Waals surface area contributed by atoms with Crippen molar-refractivity contribution in [2.75, 3.05) is 27.9 Å². The summed E-state index contributed by atoms with van der Waals surface area (Å²) in [6, 6.07) is 10.5. The Morgan fingerprint density at radius 1 is 1.07 bits per heavy atom. The fourth-order valence-corrected chi connectivity index (χ4v) is 2.93. The Morgan fingerprint density at radius 2 is 1.71 bits per heavy atom. The van der Waals surface area contributed by atoms with Crippen LogP contribution in [0.5, 0.6) is 17.2 Å². The van der Waals surface area contributed by atoms with E-state index >= 15 is 0 Å². The number of hydrogen-bond acceptors (Lipinski definition) is 6. The number of benzene rings is 2. The Bertz CT molecular complexity index is 861. The first-order chi connectivity index (χ1) is 13.5. The monoisotopic (exact) mass is 497 g/mol. The van der Waals surface area contributed by atoms with Crippen LogP contribution in [0.25, 0.3) is 0 Å². The predicted octanol–water partition coefficient (Wildman–Crippen LogP) is 2.20. The zero-order chi connectivity index (χ0) is 20.5. The molecule has 0 saturated heterocycles. The van der Waals surface area contributed by atoms with Crippen LogP contribution in [0.2, 0.25) is 0 Å². The molecule has 0 aromatic heterocycles. The quantitative estimate of drug-likeness (QED) is 0.331. The van der Waals surface area contributed by atoms with Gasteiger partial charge in [-0.15, -0.1) is 0 Å². The second kappa shape index (κ2) is 10.5. The summed E-state index contributed by atoms with van der Waals surface area (Å²) < 4.78 is 16.6. The smallest absolute Gasteiger partial charge is 0.259 e. The molecule has 0 heterocycles. The van der Waals surface area contributed by atoms with Crippen molar-refractivity contribution in [1.29, 1.82) is 0 Å². The van der Waals surface area contributed by atoms with Crippen molar-refractivity contribution in [1.82, 2.24) is 10.7 Å². The van der Waals surface area contributed by atoms with E-state index in [4.69, 9.17) is 14.2 Å². The highest BCUT2D eigenvalue weighted by molar-refractivity contribution is 14.1. The molecule has 0 unspecified atom stereocenters. The zero-order valence-corrected chi connectivity index (χ0v) is 17.8. The molecule has 8 nitrogen and oxygen atoms in total. The number of carbonyl (C=O) groups excluding carboxylic acids is 2. The van der Waals surface area contributed by atoms with Crippen molar-refractivity contribution in [3.05, 3.63) is 51.1 Å². The van der Waals surface area contributed by atoms with Gasteiger partial charge in [0.2, 0.25) is 5.75 Å². The lowest BCUT2D eigenvalue weighted by atomic mass is 10.2. The molecule has 9 heteroatoms. The van der Waals surface area contributed by atoms with Crippen molar-refractivity contribution in [2.45, 2.75) is 0 Å². The highest BCUT2D eigenvalue weighted by Gasteiger charge is 2.13. The van der Waals surface area contributed by atoms with E-state index in [1.807, 2.05) is 12.1 Å². The molecule has 2 rings (SSSR count). The van der Waals surface area contributed by atoms with Gasteiger partial charge in [0.05, 0.1) is 39.7 Å². The highest BCUT2D eigenvalue weighted by Crippen LogP contribution is 2.37. The van der Waals surface area contributed by atoms with E-state index in [9.17, 15) is 9.59 Å². The molecule has 28 heavy (non-hydrogen) atoms. The molecule has 0 bridgehead atoms. The van der Waals surface area contributed by atoms with Gasteiger partial charge < -0.3 is 19.5 Å². The lowest BCUT2D eigenvalue weighted by Crippen LogP contribution is -2.35. The molecule has 148 valence electrons. The van der Waals surface area contributed by atoms with Crippen molar-refractivity contribution in [3.63, 3.8) is 0 Å². The Hall–Kier alpha value is -2.82. The molecule has 0 aliphatic rings. The SMILES string of the molecule is COc1cc(/C=N\NC(=O)CNC(=O)c2ccccc2I)cc(OC)c1OC. The second-order valence-electron chi connectivity index (χ2n) is 5.41. The standard InChI is InChI=1S/C19H20IN3O5/c1-26-15-8-12(9-16(27-2)18(15)28-3)10-22-23-17(24)11-21-19(25)13-6-4-5-7-14(13)20/h4-10H,11H2,1-3H3,(H,21,25)(H,23,24)/b22-10-. The van der Waals surface area contributed by atoms with Gasteiger partial charge in [-0.3, -0.25) is 9.59 Å². The van der Waals surface area contributed by atoms with E-state index < -0.39 is 5.91 Å². The molecule has 0 radical (unpaired) electrons. The van der Waals surface area contributed by atoms with Gasteiger partial charge in [0.15, 0.2) is 11.5 Å². The lowest BCUT2D eigenvalue weighted by Gasteiger charge is -2.12. The summed E-state index contributed by atoms with van der Waals surface area (Å²) in [5, 5.41) is 6.44. The Morgan fingerprint density at radius 3 is 2.29 bits per heavy atom. The third-order valence-electron chi connectivity index (χ3n) is 3.62. The number of rotatable bonds is 8. The first kappa shape index (κ1) is 21.5. The van der Waals surface area contributed by atoms with Crippen LogP contribution in [0.3, 0.4) is 0 Å². The maximum absolute atomic E-state index is 12.1. The number of halogens is 1. The van der Waals surface area contributed by atoms with Crippen molar-refractivity contribution >= 4 is 40.6 Å². The summed E-state index contributed by atoms with van der Waals surface area (Å²) in [5.74, 6) is 0.625. The molecular weight excluding hydrogens is 477 g/mol. The minimum atomic E-state index is -0.456. The van der Waals surface area contributed by atoms with Gasteiger partial charge in [-0.25, -0.2) is 5.43 Å². The third-order valence-corrected chi connectivity index (χ3v) is 4.56. The Balaban J connectivity index is 1.94. The van der Waals surface area contributed by atoms with E-state index in [0.717, 1.165) is 3.57 Å². The average Bonchev–Trinajstić information content (AvgIpc) is 2.71. The number of hydrazone groups is 1. The minimum absolute atomic E-state index is 0.198. The highest BCUT2D eigenvalue weighted by atomic mass is 127. The van der Waals surface area contributed by atoms with Crippen LogP contribution in [-0.2, 0) is 4.79 Å². The van der Waals surface area contributed by atoms with Gasteiger partial charge >= 0.3 is 0 Å². The summed E-state index contributed by atoms with van der Waals surface area (Å²) in [6.45, 7) is -0.198. The zero-order valence-electron chi connectivity index (χ0n) is 15.6. The molecule has 2 N–H and O–H groups in total. The van der Waals surface area contributed by atoms with E-state index in [-0.39, 0.29) is 12.5 Å². The average molecular weight is 497 g/mol. The molecule has 2 aromatic rings. The molecule has 0 fully saturated rings. The Kier molecular flexibility index (Phi) is 8.05. The lowest BCUT2D eigenvalue weighted by molar-refractivity contribution is -0.120. The van der Waals surface area contributed by atoms with Gasteiger partial charge in [-0.05, 0) is 46.9 Å². The number of nitrogens with one attached hydrogen (secondary N) is 2. The topological polar surface area (TPSA) is 98.2 Å². The van der Waals surface area contributed by atoms with Crippen LogP contribution >= 0.6 is 22.6 Å². The molecule has 0 atom stereocenters.